The number of ether oxygens (including phenoxy) is 1. The van der Waals surface area contributed by atoms with E-state index in [4.69, 9.17) is 11.6 Å². The molecule has 13 heteroatoms. The molecule has 1 aromatic heterocycles. The van der Waals surface area contributed by atoms with Crippen LogP contribution in [-0.4, -0.2) is 34.1 Å². The molecule has 36 heavy (non-hydrogen) atoms. The van der Waals surface area contributed by atoms with Crippen LogP contribution in [0, 0.1) is 5.92 Å². The van der Waals surface area contributed by atoms with Gasteiger partial charge in [0.1, 0.15) is 11.6 Å². The Hall–Kier alpha value is -3.25. The molecule has 0 amide bonds. The van der Waals surface area contributed by atoms with Gasteiger partial charge in [-0.3, -0.25) is 0 Å². The Morgan fingerprint density at radius 1 is 1.00 bits per heavy atom. The Bertz CT molecular complexity index is 1200. The molecule has 0 saturated heterocycles. The summed E-state index contributed by atoms with van der Waals surface area (Å²) < 4.78 is 80.9. The molecule has 0 aliphatic heterocycles. The fraction of sp³-hybridized carbons (Fsp3) is 0.304. The SMILES string of the molecule is CC(C)[C@@H](CO)Nc1nc(Nc2ccc(C(F)(F)F)cc2Cl)cc(-c2cccc(OC(F)(F)F)c2)n1. The number of benzene rings is 2. The number of hydrogen-bond acceptors (Lipinski definition) is 6. The van der Waals surface area contributed by atoms with Crippen LogP contribution in [0.25, 0.3) is 11.3 Å². The molecule has 3 N–H and O–H groups in total. The summed E-state index contributed by atoms with van der Waals surface area (Å²) in [6.07, 6.45) is -9.48. The maximum atomic E-state index is 13.0. The Kier molecular flexibility index (Phi) is 8.19. The van der Waals surface area contributed by atoms with E-state index in [0.29, 0.717) is 0 Å². The van der Waals surface area contributed by atoms with Crippen molar-refractivity contribution in [2.45, 2.75) is 32.4 Å². The van der Waals surface area contributed by atoms with Crippen molar-refractivity contribution in [1.29, 1.82) is 0 Å². The predicted molar refractivity (Wildman–Crippen MR) is 123 cm³/mol. The van der Waals surface area contributed by atoms with Crippen molar-refractivity contribution in [1.82, 2.24) is 9.97 Å². The third-order valence-electron chi connectivity index (χ3n) is 4.96. The van der Waals surface area contributed by atoms with E-state index in [1.54, 1.807) is 0 Å². The number of aliphatic hydroxyl groups is 1. The number of nitrogens with zero attached hydrogens (tertiary/aromatic N) is 2. The largest absolute Gasteiger partial charge is 0.573 e. The smallest absolute Gasteiger partial charge is 0.406 e. The minimum absolute atomic E-state index is 0.0212. The molecular formula is C23H21ClF6N4O2. The summed E-state index contributed by atoms with van der Waals surface area (Å²) in [6.45, 7) is 3.43. The standard InChI is InChI=1S/C23H21ClF6N4O2/c1-12(2)19(11-35)33-21-32-18(13-4-3-5-15(8-13)36-23(28,29)30)10-20(34-21)31-17-7-6-14(9-16(17)24)22(25,26)27/h3-10,12,19,35H,11H2,1-2H3,(H2,31,32,33,34)/t19-/m1/s1. The van der Waals surface area contributed by atoms with Crippen molar-refractivity contribution in [2.75, 3.05) is 17.2 Å². The van der Waals surface area contributed by atoms with Gasteiger partial charge in [0.25, 0.3) is 0 Å². The molecule has 6 nitrogen and oxygen atoms in total. The molecule has 0 unspecified atom stereocenters. The molecule has 0 saturated carbocycles. The van der Waals surface area contributed by atoms with Crippen LogP contribution in [0.2, 0.25) is 5.02 Å². The molecule has 1 heterocycles. The summed E-state index contributed by atoms with van der Waals surface area (Å²) in [4.78, 5) is 8.61. The van der Waals surface area contributed by atoms with E-state index >= 15 is 0 Å². The highest BCUT2D eigenvalue weighted by Crippen LogP contribution is 2.35. The second-order valence-corrected chi connectivity index (χ2v) is 8.44. The van der Waals surface area contributed by atoms with Gasteiger partial charge in [0.05, 0.1) is 34.6 Å². The van der Waals surface area contributed by atoms with Crippen LogP contribution >= 0.6 is 11.6 Å². The third kappa shape index (κ3) is 7.37. The number of anilines is 3. The number of halogens is 7. The number of alkyl halides is 6. The number of aliphatic hydroxyl groups excluding tert-OH is 1. The van der Waals surface area contributed by atoms with E-state index in [0.717, 1.165) is 30.3 Å². The number of aromatic nitrogens is 2. The molecule has 3 aromatic rings. The molecular weight excluding hydrogens is 514 g/mol. The van der Waals surface area contributed by atoms with Gasteiger partial charge in [-0.1, -0.05) is 37.6 Å². The summed E-state index contributed by atoms with van der Waals surface area (Å²) in [7, 11) is 0. The van der Waals surface area contributed by atoms with E-state index in [1.807, 2.05) is 13.8 Å². The highest BCUT2D eigenvalue weighted by atomic mass is 35.5. The van der Waals surface area contributed by atoms with Crippen LogP contribution in [0.3, 0.4) is 0 Å². The first-order valence-corrected chi connectivity index (χ1v) is 10.9. The number of rotatable bonds is 8. The first-order valence-electron chi connectivity index (χ1n) is 10.5. The van der Waals surface area contributed by atoms with Gasteiger partial charge in [0.2, 0.25) is 5.95 Å². The van der Waals surface area contributed by atoms with E-state index in [-0.39, 0.29) is 46.3 Å². The summed E-state index contributed by atoms with van der Waals surface area (Å²) in [5, 5.41) is 15.2. The van der Waals surface area contributed by atoms with E-state index in [1.165, 1.54) is 18.2 Å². The second-order valence-electron chi connectivity index (χ2n) is 8.03. The number of hydrogen-bond donors (Lipinski definition) is 3. The van der Waals surface area contributed by atoms with Gasteiger partial charge in [-0.05, 0) is 36.2 Å². The number of nitrogens with one attached hydrogen (secondary N) is 2. The second kappa shape index (κ2) is 10.8. The molecule has 0 radical (unpaired) electrons. The first-order chi connectivity index (χ1) is 16.7. The molecule has 0 aliphatic rings. The topological polar surface area (TPSA) is 79.3 Å². The zero-order valence-corrected chi connectivity index (χ0v) is 19.6. The average molecular weight is 535 g/mol. The first kappa shape index (κ1) is 27.3. The summed E-state index contributed by atoms with van der Waals surface area (Å²) in [5.74, 6) is -0.393. The maximum Gasteiger partial charge on any atom is 0.573 e. The van der Waals surface area contributed by atoms with Crippen LogP contribution in [-0.2, 0) is 6.18 Å². The molecule has 2 aromatic carbocycles. The highest BCUT2D eigenvalue weighted by molar-refractivity contribution is 6.33. The lowest BCUT2D eigenvalue weighted by molar-refractivity contribution is -0.274. The quantitative estimate of drug-likeness (QED) is 0.273. The van der Waals surface area contributed by atoms with Crippen molar-refractivity contribution in [3.05, 3.63) is 59.1 Å². The lowest BCUT2D eigenvalue weighted by atomic mass is 10.1. The van der Waals surface area contributed by atoms with Gasteiger partial charge in [0.15, 0.2) is 0 Å². The molecule has 3 rings (SSSR count). The van der Waals surface area contributed by atoms with Gasteiger partial charge < -0.3 is 20.5 Å². The summed E-state index contributed by atoms with van der Waals surface area (Å²) >= 11 is 6.03. The van der Waals surface area contributed by atoms with Crippen molar-refractivity contribution in [2.24, 2.45) is 5.92 Å². The highest BCUT2D eigenvalue weighted by Gasteiger charge is 2.32. The zero-order chi connectivity index (χ0) is 26.7. The van der Waals surface area contributed by atoms with Crippen LogP contribution in [0.1, 0.15) is 19.4 Å². The van der Waals surface area contributed by atoms with Crippen LogP contribution in [0.5, 0.6) is 5.75 Å². The van der Waals surface area contributed by atoms with Crippen molar-refractivity contribution >= 4 is 29.1 Å². The van der Waals surface area contributed by atoms with Gasteiger partial charge >= 0.3 is 12.5 Å². The Morgan fingerprint density at radius 2 is 1.72 bits per heavy atom. The normalized spacial score (nSPS) is 13.0. The zero-order valence-electron chi connectivity index (χ0n) is 18.9. The molecule has 1 atom stereocenters. The van der Waals surface area contributed by atoms with Gasteiger partial charge in [-0.2, -0.15) is 18.2 Å². The van der Waals surface area contributed by atoms with Crippen molar-refractivity contribution < 1.29 is 36.2 Å². The summed E-state index contributed by atoms with van der Waals surface area (Å²) in [6, 6.07) is 8.74. The minimum Gasteiger partial charge on any atom is -0.406 e. The minimum atomic E-state index is -4.89. The van der Waals surface area contributed by atoms with Gasteiger partial charge in [-0.25, -0.2) is 4.98 Å². The summed E-state index contributed by atoms with van der Waals surface area (Å²) in [5.41, 5.74) is -0.412. The Balaban J connectivity index is 2.02. The van der Waals surface area contributed by atoms with Gasteiger partial charge in [-0.15, -0.1) is 13.2 Å². The van der Waals surface area contributed by atoms with Gasteiger partial charge in [0, 0.05) is 11.6 Å². The molecule has 194 valence electrons. The lowest BCUT2D eigenvalue weighted by Gasteiger charge is -2.21. The fourth-order valence-electron chi connectivity index (χ4n) is 3.10. The van der Waals surface area contributed by atoms with E-state index < -0.39 is 29.9 Å². The molecule has 0 fully saturated rings. The van der Waals surface area contributed by atoms with E-state index in [2.05, 4.69) is 25.3 Å². The molecule has 0 aliphatic carbocycles. The fourth-order valence-corrected chi connectivity index (χ4v) is 3.32. The van der Waals surface area contributed by atoms with Crippen LogP contribution in [0.4, 0.5) is 43.8 Å². The van der Waals surface area contributed by atoms with Crippen LogP contribution < -0.4 is 15.4 Å². The van der Waals surface area contributed by atoms with Crippen molar-refractivity contribution in [3.8, 4) is 17.0 Å². The lowest BCUT2D eigenvalue weighted by Crippen LogP contribution is -2.30. The van der Waals surface area contributed by atoms with E-state index in [9.17, 15) is 31.4 Å². The predicted octanol–water partition coefficient (Wildman–Crippen LogP) is 6.89. The molecule has 0 bridgehead atoms. The van der Waals surface area contributed by atoms with Crippen molar-refractivity contribution in [3.63, 3.8) is 0 Å². The average Bonchev–Trinajstić information content (AvgIpc) is 2.77. The van der Waals surface area contributed by atoms with Crippen LogP contribution in [0.15, 0.2) is 48.5 Å². The Morgan fingerprint density at radius 3 is 2.31 bits per heavy atom. The third-order valence-corrected chi connectivity index (χ3v) is 5.28. The molecule has 0 spiro atoms. The maximum absolute atomic E-state index is 13.0. The monoisotopic (exact) mass is 534 g/mol. The Labute approximate surface area is 207 Å².